The van der Waals surface area contributed by atoms with Crippen molar-refractivity contribution in [2.45, 2.75) is 44.6 Å². The van der Waals surface area contributed by atoms with Gasteiger partial charge in [0.25, 0.3) is 0 Å². The predicted molar refractivity (Wildman–Crippen MR) is 69.6 cm³/mol. The lowest BCUT2D eigenvalue weighted by Crippen LogP contribution is -2.19. The summed E-state index contributed by atoms with van der Waals surface area (Å²) in [4.78, 5) is 8.10. The van der Waals surface area contributed by atoms with Crippen LogP contribution in [0.15, 0.2) is 10.7 Å². The van der Waals surface area contributed by atoms with E-state index in [1.54, 1.807) is 6.20 Å². The summed E-state index contributed by atoms with van der Waals surface area (Å²) in [5, 5.41) is 12.2. The van der Waals surface area contributed by atoms with Crippen LogP contribution in [0.5, 0.6) is 0 Å². The predicted octanol–water partition coefficient (Wildman–Crippen LogP) is 3.25. The van der Waals surface area contributed by atoms with Gasteiger partial charge in [-0.05, 0) is 28.8 Å². The molecule has 0 amide bonds. The molecule has 0 atom stereocenters. The zero-order chi connectivity index (χ0) is 12.1. The van der Waals surface area contributed by atoms with Gasteiger partial charge < -0.3 is 5.32 Å². The molecule has 0 spiro atoms. The van der Waals surface area contributed by atoms with Gasteiger partial charge in [0.1, 0.15) is 11.9 Å². The Balaban J connectivity index is 2.09. The summed E-state index contributed by atoms with van der Waals surface area (Å²) in [6.07, 6.45) is 9.18. The normalized spacial score (nSPS) is 17.2. The second-order valence-electron chi connectivity index (χ2n) is 4.33. The zero-order valence-corrected chi connectivity index (χ0v) is 11.2. The van der Waals surface area contributed by atoms with Gasteiger partial charge in [0.15, 0.2) is 0 Å². The lowest BCUT2D eigenvalue weighted by molar-refractivity contribution is 0.617. The average Bonchev–Trinajstić information content (AvgIpc) is 2.60. The van der Waals surface area contributed by atoms with Crippen molar-refractivity contribution in [2.24, 2.45) is 0 Å². The van der Waals surface area contributed by atoms with Gasteiger partial charge in [-0.2, -0.15) is 5.26 Å². The number of nitrogens with zero attached hydrogens (tertiary/aromatic N) is 3. The van der Waals surface area contributed by atoms with Gasteiger partial charge in [-0.25, -0.2) is 9.97 Å². The fourth-order valence-corrected chi connectivity index (χ4v) is 2.44. The molecule has 90 valence electrons. The molecule has 1 saturated carbocycles. The van der Waals surface area contributed by atoms with Crippen LogP contribution in [0.2, 0.25) is 0 Å². The van der Waals surface area contributed by atoms with E-state index in [1.807, 2.05) is 6.07 Å². The third-order valence-corrected chi connectivity index (χ3v) is 3.62. The minimum Gasteiger partial charge on any atom is -0.366 e. The van der Waals surface area contributed by atoms with Crippen LogP contribution in [0.3, 0.4) is 0 Å². The first-order chi connectivity index (χ1) is 8.29. The van der Waals surface area contributed by atoms with Gasteiger partial charge in [0.2, 0.25) is 5.82 Å². The largest absolute Gasteiger partial charge is 0.366 e. The minimum atomic E-state index is 0.212. The topological polar surface area (TPSA) is 61.6 Å². The average molecular weight is 295 g/mol. The molecule has 1 fully saturated rings. The van der Waals surface area contributed by atoms with Crippen molar-refractivity contribution in [1.29, 1.82) is 5.26 Å². The summed E-state index contributed by atoms with van der Waals surface area (Å²) in [5.41, 5.74) is 0. The van der Waals surface area contributed by atoms with E-state index in [1.165, 1.54) is 38.5 Å². The highest BCUT2D eigenvalue weighted by atomic mass is 79.9. The molecule has 1 N–H and O–H groups in total. The Labute approximate surface area is 110 Å². The fourth-order valence-electron chi connectivity index (χ4n) is 2.14. The number of hydrogen-bond donors (Lipinski definition) is 1. The van der Waals surface area contributed by atoms with E-state index in [0.29, 0.717) is 6.04 Å². The second kappa shape index (κ2) is 5.97. The molecule has 0 aliphatic heterocycles. The molecule has 4 nitrogen and oxygen atoms in total. The SMILES string of the molecule is N#Cc1ncc(Br)c(NC2CCCCCC2)n1. The van der Waals surface area contributed by atoms with Crippen LogP contribution < -0.4 is 5.32 Å². The Morgan fingerprint density at radius 2 is 2.00 bits per heavy atom. The number of hydrogen-bond acceptors (Lipinski definition) is 4. The summed E-state index contributed by atoms with van der Waals surface area (Å²) in [6, 6.07) is 2.43. The maximum absolute atomic E-state index is 8.79. The first-order valence-corrected chi connectivity index (χ1v) is 6.78. The summed E-state index contributed by atoms with van der Waals surface area (Å²) >= 11 is 3.41. The van der Waals surface area contributed by atoms with Crippen LogP contribution >= 0.6 is 15.9 Å². The van der Waals surface area contributed by atoms with Gasteiger partial charge in [-0.3, -0.25) is 0 Å². The van der Waals surface area contributed by atoms with Gasteiger partial charge in [-0.1, -0.05) is 25.7 Å². The number of rotatable bonds is 2. The lowest BCUT2D eigenvalue weighted by Gasteiger charge is -2.17. The molecule has 0 radical (unpaired) electrons. The number of nitrogens with one attached hydrogen (secondary N) is 1. The smallest absolute Gasteiger partial charge is 0.234 e. The molecule has 5 heteroatoms. The Kier molecular flexibility index (Phi) is 4.32. The molecule has 0 saturated heterocycles. The maximum atomic E-state index is 8.79. The van der Waals surface area contributed by atoms with Crippen LogP contribution in [0.1, 0.15) is 44.3 Å². The lowest BCUT2D eigenvalue weighted by atomic mass is 10.1. The minimum absolute atomic E-state index is 0.212. The Morgan fingerprint density at radius 3 is 2.65 bits per heavy atom. The third-order valence-electron chi connectivity index (χ3n) is 3.04. The molecule has 1 aromatic heterocycles. The Bertz CT molecular complexity index is 419. The van der Waals surface area contributed by atoms with Gasteiger partial charge >= 0.3 is 0 Å². The fraction of sp³-hybridized carbons (Fsp3) is 0.583. The van der Waals surface area contributed by atoms with E-state index < -0.39 is 0 Å². The first-order valence-electron chi connectivity index (χ1n) is 5.99. The van der Waals surface area contributed by atoms with Crippen molar-refractivity contribution in [1.82, 2.24) is 9.97 Å². The molecule has 0 unspecified atom stereocenters. The van der Waals surface area contributed by atoms with Crippen molar-refractivity contribution in [2.75, 3.05) is 5.32 Å². The molecule has 1 heterocycles. The van der Waals surface area contributed by atoms with Gasteiger partial charge in [-0.15, -0.1) is 0 Å². The van der Waals surface area contributed by atoms with Crippen molar-refractivity contribution in [3.63, 3.8) is 0 Å². The number of nitriles is 1. The van der Waals surface area contributed by atoms with Crippen LogP contribution in [0.25, 0.3) is 0 Å². The molecule has 17 heavy (non-hydrogen) atoms. The highest BCUT2D eigenvalue weighted by Crippen LogP contribution is 2.24. The van der Waals surface area contributed by atoms with E-state index in [-0.39, 0.29) is 5.82 Å². The summed E-state index contributed by atoms with van der Waals surface area (Å²) in [5.74, 6) is 0.952. The number of halogens is 1. The monoisotopic (exact) mass is 294 g/mol. The quantitative estimate of drug-likeness (QED) is 0.851. The van der Waals surface area contributed by atoms with Crippen molar-refractivity contribution in [3.8, 4) is 6.07 Å². The maximum Gasteiger partial charge on any atom is 0.234 e. The Hall–Kier alpha value is -1.15. The van der Waals surface area contributed by atoms with Crippen molar-refractivity contribution < 1.29 is 0 Å². The standard InChI is InChI=1S/C12H15BrN4/c13-10-8-15-11(7-14)17-12(10)16-9-5-3-1-2-4-6-9/h8-9H,1-6H2,(H,15,16,17). The van der Waals surface area contributed by atoms with E-state index in [9.17, 15) is 0 Å². The summed E-state index contributed by atoms with van der Waals surface area (Å²) in [7, 11) is 0. The van der Waals surface area contributed by atoms with Gasteiger partial charge in [0.05, 0.1) is 4.47 Å². The molecule has 1 aromatic rings. The number of anilines is 1. The number of aromatic nitrogens is 2. The second-order valence-corrected chi connectivity index (χ2v) is 5.19. The van der Waals surface area contributed by atoms with E-state index in [4.69, 9.17) is 5.26 Å². The van der Waals surface area contributed by atoms with Crippen LogP contribution in [-0.4, -0.2) is 16.0 Å². The molecule has 1 aliphatic carbocycles. The summed E-state index contributed by atoms with van der Waals surface area (Å²) < 4.78 is 0.820. The molecule has 0 bridgehead atoms. The molecule has 1 aliphatic rings. The van der Waals surface area contributed by atoms with E-state index in [0.717, 1.165) is 10.3 Å². The molecular weight excluding hydrogens is 280 g/mol. The van der Waals surface area contributed by atoms with Crippen LogP contribution in [-0.2, 0) is 0 Å². The zero-order valence-electron chi connectivity index (χ0n) is 9.62. The van der Waals surface area contributed by atoms with E-state index >= 15 is 0 Å². The Morgan fingerprint density at radius 1 is 1.29 bits per heavy atom. The van der Waals surface area contributed by atoms with Crippen molar-refractivity contribution >= 4 is 21.7 Å². The molecule has 2 rings (SSSR count). The van der Waals surface area contributed by atoms with Crippen molar-refractivity contribution in [3.05, 3.63) is 16.5 Å². The highest BCUT2D eigenvalue weighted by Gasteiger charge is 2.14. The first kappa shape index (κ1) is 12.3. The molecular formula is C12H15BrN4. The van der Waals surface area contributed by atoms with Crippen LogP contribution in [0, 0.1) is 11.3 Å². The van der Waals surface area contributed by atoms with Gasteiger partial charge in [0, 0.05) is 12.2 Å². The van der Waals surface area contributed by atoms with Crippen LogP contribution in [0.4, 0.5) is 5.82 Å². The highest BCUT2D eigenvalue weighted by molar-refractivity contribution is 9.10. The molecule has 0 aromatic carbocycles. The summed E-state index contributed by atoms with van der Waals surface area (Å²) in [6.45, 7) is 0. The third kappa shape index (κ3) is 3.40. The van der Waals surface area contributed by atoms with E-state index in [2.05, 4.69) is 31.2 Å².